The second-order valence-electron chi connectivity index (χ2n) is 5.66. The van der Waals surface area contributed by atoms with E-state index in [0.29, 0.717) is 11.5 Å². The van der Waals surface area contributed by atoms with Gasteiger partial charge in [-0.1, -0.05) is 18.5 Å². The monoisotopic (exact) mass is 363 g/mol. The topological polar surface area (TPSA) is 70.8 Å². The number of carbonyl (C=O) groups excluding carboxylic acids is 2. The number of hydrogen-bond donors (Lipinski definition) is 1. The predicted octanol–water partition coefficient (Wildman–Crippen LogP) is 4.26. The van der Waals surface area contributed by atoms with Gasteiger partial charge in [0.15, 0.2) is 11.5 Å². The van der Waals surface area contributed by atoms with Crippen molar-refractivity contribution in [3.05, 3.63) is 64.0 Å². The fraction of sp³-hybridized carbons (Fsp3) is 0.222. The maximum Gasteiger partial charge on any atom is 0.294 e. The van der Waals surface area contributed by atoms with E-state index in [1.54, 1.807) is 26.0 Å². The summed E-state index contributed by atoms with van der Waals surface area (Å²) in [6.07, 6.45) is 0.112. The average molecular weight is 364 g/mol. The van der Waals surface area contributed by atoms with Crippen LogP contribution < -0.4 is 4.90 Å². The number of aliphatic hydroxyl groups excluding tert-OH is 1. The van der Waals surface area contributed by atoms with Gasteiger partial charge >= 0.3 is 0 Å². The SMILES string of the molecule is CCC(=O)C1=C(O)C(=O)N(c2ccc(F)c(Cl)c2)C1c1ccc(C)o1. The zero-order valence-corrected chi connectivity index (χ0v) is 14.3. The summed E-state index contributed by atoms with van der Waals surface area (Å²) in [5.41, 5.74) is 0.211. The first-order valence-corrected chi connectivity index (χ1v) is 8.04. The van der Waals surface area contributed by atoms with Crippen LogP contribution in [-0.4, -0.2) is 16.8 Å². The van der Waals surface area contributed by atoms with E-state index in [1.807, 2.05) is 0 Å². The molecule has 1 aliphatic rings. The van der Waals surface area contributed by atoms with Crippen molar-refractivity contribution in [2.24, 2.45) is 0 Å². The van der Waals surface area contributed by atoms with Crippen molar-refractivity contribution < 1.29 is 23.5 Å². The molecule has 1 aromatic carbocycles. The van der Waals surface area contributed by atoms with Gasteiger partial charge in [0, 0.05) is 12.1 Å². The number of ketones is 1. The van der Waals surface area contributed by atoms with Gasteiger partial charge in [-0.3, -0.25) is 14.5 Å². The van der Waals surface area contributed by atoms with Crippen LogP contribution >= 0.6 is 11.6 Å². The molecule has 5 nitrogen and oxygen atoms in total. The van der Waals surface area contributed by atoms with Crippen LogP contribution in [0.3, 0.4) is 0 Å². The summed E-state index contributed by atoms with van der Waals surface area (Å²) in [4.78, 5) is 26.1. The van der Waals surface area contributed by atoms with E-state index in [-0.39, 0.29) is 28.5 Å². The summed E-state index contributed by atoms with van der Waals surface area (Å²) in [6.45, 7) is 3.36. The zero-order chi connectivity index (χ0) is 18.3. The first kappa shape index (κ1) is 17.2. The highest BCUT2D eigenvalue weighted by molar-refractivity contribution is 6.31. The van der Waals surface area contributed by atoms with Gasteiger partial charge in [-0.15, -0.1) is 0 Å². The van der Waals surface area contributed by atoms with Gasteiger partial charge in [0.2, 0.25) is 0 Å². The van der Waals surface area contributed by atoms with Crippen LogP contribution in [0, 0.1) is 12.7 Å². The molecule has 1 N–H and O–H groups in total. The molecular formula is C18H15ClFNO4. The number of halogens is 2. The van der Waals surface area contributed by atoms with Gasteiger partial charge < -0.3 is 9.52 Å². The lowest BCUT2D eigenvalue weighted by Gasteiger charge is -2.25. The third kappa shape index (κ3) is 2.82. The number of nitrogens with zero attached hydrogens (tertiary/aromatic N) is 1. The fourth-order valence-electron chi connectivity index (χ4n) is 2.85. The lowest BCUT2D eigenvalue weighted by atomic mass is 9.99. The molecule has 3 rings (SSSR count). The lowest BCUT2D eigenvalue weighted by Crippen LogP contribution is -2.30. The summed E-state index contributed by atoms with van der Waals surface area (Å²) in [7, 11) is 0. The molecule has 0 fully saturated rings. The molecule has 1 atom stereocenters. The molecule has 2 heterocycles. The maximum atomic E-state index is 13.5. The number of rotatable bonds is 4. The summed E-state index contributed by atoms with van der Waals surface area (Å²) in [5, 5.41) is 10.1. The summed E-state index contributed by atoms with van der Waals surface area (Å²) < 4.78 is 19.1. The van der Waals surface area contributed by atoms with E-state index in [1.165, 1.54) is 17.0 Å². The lowest BCUT2D eigenvalue weighted by molar-refractivity contribution is -0.118. The van der Waals surface area contributed by atoms with Crippen LogP contribution in [0.15, 0.2) is 46.1 Å². The van der Waals surface area contributed by atoms with Gasteiger partial charge in [0.1, 0.15) is 23.4 Å². The summed E-state index contributed by atoms with van der Waals surface area (Å²) in [6, 6.07) is 6.13. The zero-order valence-electron chi connectivity index (χ0n) is 13.5. The van der Waals surface area contributed by atoms with E-state index in [2.05, 4.69) is 0 Å². The molecule has 0 radical (unpaired) electrons. The number of anilines is 1. The predicted molar refractivity (Wildman–Crippen MR) is 90.0 cm³/mol. The molecule has 0 spiro atoms. The van der Waals surface area contributed by atoms with Crippen molar-refractivity contribution in [3.63, 3.8) is 0 Å². The highest BCUT2D eigenvalue weighted by Crippen LogP contribution is 2.42. The number of furan rings is 1. The number of aliphatic hydroxyl groups is 1. The smallest absolute Gasteiger partial charge is 0.294 e. The Morgan fingerprint density at radius 2 is 2.08 bits per heavy atom. The number of Topliss-reactive ketones (excluding diaryl/α,β-unsaturated/α-hetero) is 1. The third-order valence-electron chi connectivity index (χ3n) is 4.04. The van der Waals surface area contributed by atoms with Gasteiger partial charge in [-0.2, -0.15) is 0 Å². The molecule has 0 aliphatic carbocycles. The molecule has 1 aromatic heterocycles. The molecule has 0 saturated carbocycles. The first-order valence-electron chi connectivity index (χ1n) is 7.66. The number of aryl methyl sites for hydroxylation is 1. The normalized spacial score (nSPS) is 17.5. The van der Waals surface area contributed by atoms with Gasteiger partial charge in [0.25, 0.3) is 5.91 Å². The van der Waals surface area contributed by atoms with E-state index >= 15 is 0 Å². The van der Waals surface area contributed by atoms with E-state index in [4.69, 9.17) is 16.0 Å². The number of benzene rings is 1. The Hall–Kier alpha value is -2.60. The molecule has 0 saturated heterocycles. The average Bonchev–Trinajstić information content (AvgIpc) is 3.12. The van der Waals surface area contributed by atoms with Crippen molar-refractivity contribution in [3.8, 4) is 0 Å². The second-order valence-corrected chi connectivity index (χ2v) is 6.07. The molecule has 7 heteroatoms. The van der Waals surface area contributed by atoms with Crippen LogP contribution in [0.25, 0.3) is 0 Å². The molecule has 2 aromatic rings. The Morgan fingerprint density at radius 3 is 2.64 bits per heavy atom. The van der Waals surface area contributed by atoms with Crippen molar-refractivity contribution in [1.82, 2.24) is 0 Å². The van der Waals surface area contributed by atoms with Crippen LogP contribution in [0.1, 0.15) is 30.9 Å². The van der Waals surface area contributed by atoms with Crippen molar-refractivity contribution in [2.75, 3.05) is 4.90 Å². The minimum Gasteiger partial charge on any atom is -0.503 e. The van der Waals surface area contributed by atoms with Crippen molar-refractivity contribution in [1.29, 1.82) is 0 Å². The molecular weight excluding hydrogens is 349 g/mol. The molecule has 130 valence electrons. The van der Waals surface area contributed by atoms with Crippen molar-refractivity contribution in [2.45, 2.75) is 26.3 Å². The molecule has 0 bridgehead atoms. The third-order valence-corrected chi connectivity index (χ3v) is 4.33. The highest BCUT2D eigenvalue weighted by atomic mass is 35.5. The van der Waals surface area contributed by atoms with E-state index in [9.17, 15) is 19.1 Å². The second kappa shape index (κ2) is 6.37. The molecule has 1 amide bonds. The molecule has 25 heavy (non-hydrogen) atoms. The minimum absolute atomic E-state index is 0.0395. The quantitative estimate of drug-likeness (QED) is 0.881. The van der Waals surface area contributed by atoms with E-state index in [0.717, 1.165) is 6.07 Å². The maximum absolute atomic E-state index is 13.5. The van der Waals surface area contributed by atoms with Crippen LogP contribution in [-0.2, 0) is 9.59 Å². The number of carbonyl (C=O) groups is 2. The highest BCUT2D eigenvalue weighted by Gasteiger charge is 2.45. The molecule has 1 aliphatic heterocycles. The Kier molecular flexibility index (Phi) is 4.39. The van der Waals surface area contributed by atoms with Gasteiger partial charge in [0.05, 0.1) is 10.6 Å². The molecule has 1 unspecified atom stereocenters. The Balaban J connectivity index is 2.18. The summed E-state index contributed by atoms with van der Waals surface area (Å²) in [5.74, 6) is -1.49. The Bertz CT molecular complexity index is 902. The van der Waals surface area contributed by atoms with Gasteiger partial charge in [-0.05, 0) is 37.3 Å². The van der Waals surface area contributed by atoms with Crippen LogP contribution in [0.4, 0.5) is 10.1 Å². The Labute approximate surface area is 148 Å². The largest absolute Gasteiger partial charge is 0.503 e. The standard InChI is InChI=1S/C18H15ClFNO4/c1-3-13(22)15-16(14-7-4-9(2)25-14)21(18(24)17(15)23)10-5-6-12(20)11(19)8-10/h4-8,16,23H,3H2,1-2H3. The van der Waals surface area contributed by atoms with Crippen LogP contribution in [0.2, 0.25) is 5.02 Å². The summed E-state index contributed by atoms with van der Waals surface area (Å²) >= 11 is 5.82. The first-order chi connectivity index (χ1) is 11.8. The fourth-order valence-corrected chi connectivity index (χ4v) is 3.03. The number of amides is 1. The van der Waals surface area contributed by atoms with E-state index < -0.39 is 23.5 Å². The van der Waals surface area contributed by atoms with Crippen LogP contribution in [0.5, 0.6) is 0 Å². The van der Waals surface area contributed by atoms with Gasteiger partial charge in [-0.25, -0.2) is 4.39 Å². The number of hydrogen-bond acceptors (Lipinski definition) is 4. The minimum atomic E-state index is -0.935. The Morgan fingerprint density at radius 1 is 1.36 bits per heavy atom. The van der Waals surface area contributed by atoms with Crippen molar-refractivity contribution >= 4 is 29.0 Å².